The molecule has 0 radical (unpaired) electrons. The maximum absolute atomic E-state index is 11.4. The van der Waals surface area contributed by atoms with Crippen molar-refractivity contribution in [2.45, 2.75) is 13.0 Å². The van der Waals surface area contributed by atoms with Gasteiger partial charge in [-0.15, -0.1) is 0 Å². The molecule has 1 fully saturated rings. The highest BCUT2D eigenvalue weighted by molar-refractivity contribution is 6.11. The predicted molar refractivity (Wildman–Crippen MR) is 83.5 cm³/mol. The summed E-state index contributed by atoms with van der Waals surface area (Å²) in [6.45, 7) is 0.413. The normalized spacial score (nSPS) is 15.4. The van der Waals surface area contributed by atoms with Crippen LogP contribution >= 0.6 is 0 Å². The van der Waals surface area contributed by atoms with Crippen molar-refractivity contribution >= 4 is 11.9 Å². The third-order valence-electron chi connectivity index (χ3n) is 3.30. The Kier molecular flexibility index (Phi) is 4.33. The second-order valence-corrected chi connectivity index (χ2v) is 4.98. The number of imide groups is 1. The van der Waals surface area contributed by atoms with Crippen molar-refractivity contribution in [1.82, 2.24) is 15.6 Å². The molecular formula is C17H15N3O3. The number of hydrogen-bond donors (Lipinski definition) is 2. The summed E-state index contributed by atoms with van der Waals surface area (Å²) in [5.74, 6) is 0.351. The highest BCUT2D eigenvalue weighted by Gasteiger charge is 2.22. The Balaban J connectivity index is 1.56. The standard InChI is InChI=1S/C17H15N3O3/c21-16-15(19-17(22)20-16)9-6-12-4-7-14(8-5-12)23-11-13-3-1-2-10-18-13/h1-5,7-10H,6,11H2,(H2,19,20,21,22)/b15-9-. The number of aromatic nitrogens is 1. The molecule has 0 aliphatic carbocycles. The fourth-order valence-corrected chi connectivity index (χ4v) is 2.11. The van der Waals surface area contributed by atoms with Crippen molar-refractivity contribution in [2.24, 2.45) is 0 Å². The Morgan fingerprint density at radius 2 is 1.87 bits per heavy atom. The van der Waals surface area contributed by atoms with Gasteiger partial charge in [-0.3, -0.25) is 15.1 Å². The van der Waals surface area contributed by atoms with E-state index in [0.717, 1.165) is 17.0 Å². The molecular weight excluding hydrogens is 294 g/mol. The number of ether oxygens (including phenoxy) is 1. The summed E-state index contributed by atoms with van der Waals surface area (Å²) in [4.78, 5) is 26.6. The van der Waals surface area contributed by atoms with E-state index in [1.54, 1.807) is 12.3 Å². The number of urea groups is 1. The molecule has 1 aliphatic heterocycles. The van der Waals surface area contributed by atoms with Gasteiger partial charge in [0.2, 0.25) is 0 Å². The van der Waals surface area contributed by atoms with E-state index < -0.39 is 11.9 Å². The zero-order valence-corrected chi connectivity index (χ0v) is 12.3. The maximum Gasteiger partial charge on any atom is 0.326 e. The van der Waals surface area contributed by atoms with E-state index in [1.807, 2.05) is 42.5 Å². The number of rotatable bonds is 5. The second kappa shape index (κ2) is 6.74. The van der Waals surface area contributed by atoms with Crippen LogP contribution in [0.2, 0.25) is 0 Å². The summed E-state index contributed by atoms with van der Waals surface area (Å²) < 4.78 is 5.66. The largest absolute Gasteiger partial charge is 0.487 e. The monoisotopic (exact) mass is 309 g/mol. The molecule has 0 spiro atoms. The molecule has 1 aromatic heterocycles. The molecule has 3 rings (SSSR count). The van der Waals surface area contributed by atoms with Crippen LogP contribution in [0.25, 0.3) is 0 Å². The third kappa shape index (κ3) is 3.94. The number of allylic oxidation sites excluding steroid dienone is 1. The number of carbonyl (C=O) groups is 2. The van der Waals surface area contributed by atoms with Crippen molar-refractivity contribution < 1.29 is 14.3 Å². The summed E-state index contributed by atoms with van der Waals surface area (Å²) in [5, 5.41) is 4.61. The minimum absolute atomic E-state index is 0.283. The number of carbonyl (C=O) groups excluding carboxylic acids is 2. The zero-order chi connectivity index (χ0) is 16.1. The zero-order valence-electron chi connectivity index (χ0n) is 12.3. The van der Waals surface area contributed by atoms with Crippen molar-refractivity contribution in [2.75, 3.05) is 0 Å². The van der Waals surface area contributed by atoms with Crippen LogP contribution in [0.4, 0.5) is 4.79 Å². The van der Waals surface area contributed by atoms with Crippen molar-refractivity contribution in [3.05, 3.63) is 71.7 Å². The second-order valence-electron chi connectivity index (χ2n) is 4.98. The lowest BCUT2D eigenvalue weighted by atomic mass is 10.1. The first-order chi connectivity index (χ1) is 11.2. The first-order valence-electron chi connectivity index (χ1n) is 7.15. The summed E-state index contributed by atoms with van der Waals surface area (Å²) in [5.41, 5.74) is 2.16. The Morgan fingerprint density at radius 3 is 2.52 bits per heavy atom. The van der Waals surface area contributed by atoms with Gasteiger partial charge in [-0.05, 0) is 36.2 Å². The highest BCUT2D eigenvalue weighted by atomic mass is 16.5. The van der Waals surface area contributed by atoms with Crippen LogP contribution < -0.4 is 15.4 Å². The van der Waals surface area contributed by atoms with Gasteiger partial charge in [-0.25, -0.2) is 4.79 Å². The minimum atomic E-state index is -0.487. The van der Waals surface area contributed by atoms with Gasteiger partial charge in [0, 0.05) is 6.20 Å². The topological polar surface area (TPSA) is 80.3 Å². The molecule has 6 heteroatoms. The van der Waals surface area contributed by atoms with Gasteiger partial charge in [0.1, 0.15) is 18.1 Å². The molecule has 6 nitrogen and oxygen atoms in total. The Bertz CT molecular complexity index is 739. The molecule has 0 bridgehead atoms. The fraction of sp³-hybridized carbons (Fsp3) is 0.118. The van der Waals surface area contributed by atoms with Crippen LogP contribution in [0.1, 0.15) is 11.3 Å². The number of benzene rings is 1. The average Bonchev–Trinajstić information content (AvgIpc) is 2.90. The number of hydrogen-bond acceptors (Lipinski definition) is 4. The van der Waals surface area contributed by atoms with Crippen LogP contribution in [-0.4, -0.2) is 16.9 Å². The van der Waals surface area contributed by atoms with Crippen molar-refractivity contribution in [3.8, 4) is 5.75 Å². The fourth-order valence-electron chi connectivity index (χ4n) is 2.11. The molecule has 2 aromatic rings. The van der Waals surface area contributed by atoms with Gasteiger partial charge in [0.15, 0.2) is 0 Å². The van der Waals surface area contributed by atoms with E-state index >= 15 is 0 Å². The molecule has 0 unspecified atom stereocenters. The van der Waals surface area contributed by atoms with E-state index in [9.17, 15) is 9.59 Å². The minimum Gasteiger partial charge on any atom is -0.487 e. The van der Waals surface area contributed by atoms with Crippen LogP contribution in [0.15, 0.2) is 60.4 Å². The summed E-state index contributed by atoms with van der Waals surface area (Å²) in [6, 6.07) is 12.8. The molecule has 116 valence electrons. The predicted octanol–water partition coefficient (Wildman–Crippen LogP) is 1.93. The van der Waals surface area contributed by atoms with Gasteiger partial charge < -0.3 is 10.1 Å². The Morgan fingerprint density at radius 1 is 1.04 bits per heavy atom. The number of amides is 3. The Hall–Kier alpha value is -3.15. The number of nitrogens with one attached hydrogen (secondary N) is 2. The molecule has 3 amide bonds. The van der Waals surface area contributed by atoms with E-state index in [1.165, 1.54) is 0 Å². The molecule has 0 atom stereocenters. The molecule has 2 N–H and O–H groups in total. The highest BCUT2D eigenvalue weighted by Crippen LogP contribution is 2.15. The van der Waals surface area contributed by atoms with E-state index in [2.05, 4.69) is 15.6 Å². The lowest BCUT2D eigenvalue weighted by Crippen LogP contribution is -2.22. The van der Waals surface area contributed by atoms with Crippen LogP contribution in [0.3, 0.4) is 0 Å². The SMILES string of the molecule is O=C1NC(=O)/C(=C/Cc2ccc(OCc3ccccn3)cc2)N1. The lowest BCUT2D eigenvalue weighted by Gasteiger charge is -2.06. The first kappa shape index (κ1) is 14.8. The van der Waals surface area contributed by atoms with E-state index in [-0.39, 0.29) is 5.70 Å². The molecule has 1 aromatic carbocycles. The molecule has 2 heterocycles. The van der Waals surface area contributed by atoms with Crippen molar-refractivity contribution in [1.29, 1.82) is 0 Å². The average molecular weight is 309 g/mol. The number of nitrogens with zero attached hydrogens (tertiary/aromatic N) is 1. The quantitative estimate of drug-likeness (QED) is 0.653. The van der Waals surface area contributed by atoms with Crippen molar-refractivity contribution in [3.63, 3.8) is 0 Å². The summed E-state index contributed by atoms with van der Waals surface area (Å²) >= 11 is 0. The van der Waals surface area contributed by atoms with Gasteiger partial charge >= 0.3 is 6.03 Å². The van der Waals surface area contributed by atoms with E-state index in [4.69, 9.17) is 4.74 Å². The first-order valence-corrected chi connectivity index (χ1v) is 7.15. The molecule has 23 heavy (non-hydrogen) atoms. The molecule has 1 aliphatic rings. The van der Waals surface area contributed by atoms with Crippen LogP contribution in [0, 0.1) is 0 Å². The van der Waals surface area contributed by atoms with Gasteiger partial charge in [0.05, 0.1) is 5.69 Å². The van der Waals surface area contributed by atoms with Crippen LogP contribution in [0.5, 0.6) is 5.75 Å². The van der Waals surface area contributed by atoms with E-state index in [0.29, 0.717) is 13.0 Å². The van der Waals surface area contributed by atoms with Gasteiger partial charge in [-0.2, -0.15) is 0 Å². The lowest BCUT2D eigenvalue weighted by molar-refractivity contribution is -0.115. The Labute approximate surface area is 133 Å². The van der Waals surface area contributed by atoms with Crippen LogP contribution in [-0.2, 0) is 17.8 Å². The molecule has 1 saturated heterocycles. The number of pyridine rings is 1. The third-order valence-corrected chi connectivity index (χ3v) is 3.30. The van der Waals surface area contributed by atoms with Gasteiger partial charge in [-0.1, -0.05) is 24.3 Å². The molecule has 0 saturated carbocycles. The summed E-state index contributed by atoms with van der Waals surface area (Å²) in [6.07, 6.45) is 3.96. The van der Waals surface area contributed by atoms with Gasteiger partial charge in [0.25, 0.3) is 5.91 Å². The summed E-state index contributed by atoms with van der Waals surface area (Å²) in [7, 11) is 0. The smallest absolute Gasteiger partial charge is 0.326 e. The maximum atomic E-state index is 11.4.